The van der Waals surface area contributed by atoms with Crippen molar-refractivity contribution >= 4 is 23.9 Å². The molecule has 54 heavy (non-hydrogen) atoms. The maximum absolute atomic E-state index is 10.8. The molecule has 1 aliphatic carbocycles. The van der Waals surface area contributed by atoms with Gasteiger partial charge in [-0.1, -0.05) is 180 Å². The fourth-order valence-corrected chi connectivity index (χ4v) is 9.23. The van der Waals surface area contributed by atoms with E-state index in [9.17, 15) is 19.2 Å². The second-order valence-corrected chi connectivity index (χ2v) is 17.1. The molecule has 0 radical (unpaired) electrons. The minimum Gasteiger partial charge on any atom is -0.481 e. The van der Waals surface area contributed by atoms with Crippen LogP contribution in [0.25, 0.3) is 0 Å². The molecule has 1 aliphatic rings. The molecule has 1 saturated carbocycles. The molecule has 0 saturated heterocycles. The maximum Gasteiger partial charge on any atom is 0.303 e. The van der Waals surface area contributed by atoms with Gasteiger partial charge in [0.2, 0.25) is 0 Å². The van der Waals surface area contributed by atoms with Crippen molar-refractivity contribution in [2.75, 3.05) is 0 Å². The first-order chi connectivity index (χ1) is 26.2. The second kappa shape index (κ2) is 35.3. The minimum absolute atomic E-state index is 0.294. The molecule has 0 spiro atoms. The molecule has 0 bridgehead atoms. The summed E-state index contributed by atoms with van der Waals surface area (Å²) in [6.45, 7) is 0. The van der Waals surface area contributed by atoms with E-state index in [0.717, 1.165) is 101 Å². The summed E-state index contributed by atoms with van der Waals surface area (Å²) >= 11 is 0. The molecule has 0 aliphatic heterocycles. The number of hydrogen-bond acceptors (Lipinski definition) is 4. The van der Waals surface area contributed by atoms with Gasteiger partial charge in [-0.3, -0.25) is 19.2 Å². The fraction of sp³-hybridized carbons (Fsp3) is 0.913. The van der Waals surface area contributed by atoms with E-state index in [1.807, 2.05) is 0 Å². The van der Waals surface area contributed by atoms with E-state index in [4.69, 9.17) is 20.4 Å². The number of unbranched alkanes of at least 4 members (excludes halogenated alkanes) is 24. The number of rotatable bonds is 40. The van der Waals surface area contributed by atoms with Crippen LogP contribution < -0.4 is 0 Å². The molecule has 0 aromatic carbocycles. The lowest BCUT2D eigenvalue weighted by atomic mass is 9.63. The normalized spacial score (nSPS) is 18.5. The van der Waals surface area contributed by atoms with Crippen molar-refractivity contribution in [3.05, 3.63) is 0 Å². The predicted molar refractivity (Wildman–Crippen MR) is 220 cm³/mol. The van der Waals surface area contributed by atoms with E-state index in [2.05, 4.69) is 0 Å². The summed E-state index contributed by atoms with van der Waals surface area (Å²) in [6, 6.07) is 0. The van der Waals surface area contributed by atoms with Gasteiger partial charge in [-0.15, -0.1) is 0 Å². The summed E-state index contributed by atoms with van der Waals surface area (Å²) < 4.78 is 0. The number of carbonyl (C=O) groups is 4. The Morgan fingerprint density at radius 3 is 0.574 bits per heavy atom. The van der Waals surface area contributed by atoms with Crippen molar-refractivity contribution in [2.24, 2.45) is 23.7 Å². The van der Waals surface area contributed by atoms with Gasteiger partial charge in [-0.05, 0) is 62.2 Å². The van der Waals surface area contributed by atoms with Crippen molar-refractivity contribution in [3.8, 4) is 0 Å². The fourth-order valence-electron chi connectivity index (χ4n) is 9.23. The Bertz CT molecular complexity index is 790. The lowest BCUT2D eigenvalue weighted by Gasteiger charge is -2.42. The third-order valence-corrected chi connectivity index (χ3v) is 12.4. The summed E-state index contributed by atoms with van der Waals surface area (Å²) in [6.07, 6.45) is 41.7. The van der Waals surface area contributed by atoms with Crippen molar-refractivity contribution in [3.63, 3.8) is 0 Å². The van der Waals surface area contributed by atoms with E-state index >= 15 is 0 Å². The highest BCUT2D eigenvalue weighted by Crippen LogP contribution is 2.46. The molecule has 0 aromatic rings. The van der Waals surface area contributed by atoms with Gasteiger partial charge in [0.1, 0.15) is 0 Å². The molecular formula is C46H84O8. The summed E-state index contributed by atoms with van der Waals surface area (Å²) in [5, 5.41) is 35.6. The van der Waals surface area contributed by atoms with Gasteiger partial charge >= 0.3 is 23.9 Å². The van der Waals surface area contributed by atoms with Gasteiger partial charge in [0.05, 0.1) is 0 Å². The SMILES string of the molecule is O=C(O)CCCCCCCCCC1CC(CCCCCCCCCC(=O)O)C(CCCCCCCCCC(=O)O)CC1CCCCCCCCCC(=O)O. The van der Waals surface area contributed by atoms with Crippen LogP contribution in [0.4, 0.5) is 0 Å². The van der Waals surface area contributed by atoms with Crippen LogP contribution >= 0.6 is 0 Å². The van der Waals surface area contributed by atoms with Gasteiger partial charge in [-0.2, -0.15) is 0 Å². The van der Waals surface area contributed by atoms with Crippen LogP contribution in [0.15, 0.2) is 0 Å². The summed E-state index contributed by atoms with van der Waals surface area (Å²) in [4.78, 5) is 43.2. The average molecular weight is 765 g/mol. The summed E-state index contributed by atoms with van der Waals surface area (Å²) in [7, 11) is 0. The molecule has 8 nitrogen and oxygen atoms in total. The van der Waals surface area contributed by atoms with E-state index in [0.29, 0.717) is 25.7 Å². The molecular weight excluding hydrogens is 680 g/mol. The van der Waals surface area contributed by atoms with Crippen LogP contribution in [0.5, 0.6) is 0 Å². The molecule has 316 valence electrons. The monoisotopic (exact) mass is 765 g/mol. The number of hydrogen-bond donors (Lipinski definition) is 4. The third kappa shape index (κ3) is 31.1. The first-order valence-electron chi connectivity index (χ1n) is 23.1. The lowest BCUT2D eigenvalue weighted by Crippen LogP contribution is -2.32. The Morgan fingerprint density at radius 1 is 0.259 bits per heavy atom. The molecule has 8 heteroatoms. The Hall–Kier alpha value is -2.12. The van der Waals surface area contributed by atoms with Gasteiger partial charge in [0.25, 0.3) is 0 Å². The van der Waals surface area contributed by atoms with E-state index in [1.165, 1.54) is 141 Å². The zero-order valence-electron chi connectivity index (χ0n) is 34.6. The Morgan fingerprint density at radius 2 is 0.407 bits per heavy atom. The van der Waals surface area contributed by atoms with Crippen LogP contribution in [0.2, 0.25) is 0 Å². The van der Waals surface area contributed by atoms with Crippen molar-refractivity contribution in [1.82, 2.24) is 0 Å². The molecule has 1 fully saturated rings. The largest absolute Gasteiger partial charge is 0.481 e. The molecule has 0 aromatic heterocycles. The van der Waals surface area contributed by atoms with Crippen LogP contribution in [-0.4, -0.2) is 44.3 Å². The topological polar surface area (TPSA) is 149 Å². The molecule has 0 amide bonds. The lowest BCUT2D eigenvalue weighted by molar-refractivity contribution is -0.138. The van der Waals surface area contributed by atoms with E-state index in [1.54, 1.807) is 0 Å². The predicted octanol–water partition coefficient (Wildman–Crippen LogP) is 13.6. The standard InChI is InChI=1S/C46H84O8/c47-43(48)33-25-17-9-1-5-13-21-29-39-37-41(31-23-15-7-3-11-19-27-35-45(51)52)42(32-24-16-8-4-12-20-28-36-46(53)54)38-40(39)30-22-14-6-2-10-18-26-34-44(49)50/h39-42H,1-38H2,(H,47,48)(H,49,50)(H,51,52)(H,53,54). The van der Waals surface area contributed by atoms with Crippen LogP contribution in [-0.2, 0) is 19.2 Å². The van der Waals surface area contributed by atoms with Crippen molar-refractivity contribution < 1.29 is 39.6 Å². The zero-order valence-corrected chi connectivity index (χ0v) is 34.6. The second-order valence-electron chi connectivity index (χ2n) is 17.1. The molecule has 4 N–H and O–H groups in total. The zero-order chi connectivity index (χ0) is 39.5. The highest BCUT2D eigenvalue weighted by atomic mass is 16.4. The van der Waals surface area contributed by atoms with E-state index < -0.39 is 23.9 Å². The highest BCUT2D eigenvalue weighted by molar-refractivity contribution is 5.67. The minimum atomic E-state index is -0.683. The first kappa shape index (κ1) is 49.9. The smallest absolute Gasteiger partial charge is 0.303 e. The Kier molecular flexibility index (Phi) is 32.6. The van der Waals surface area contributed by atoms with E-state index in [-0.39, 0.29) is 0 Å². The molecule has 4 atom stereocenters. The number of carboxylic acids is 4. The van der Waals surface area contributed by atoms with Crippen LogP contribution in [0, 0.1) is 23.7 Å². The number of aliphatic carboxylic acids is 4. The van der Waals surface area contributed by atoms with Crippen molar-refractivity contribution in [2.45, 2.75) is 244 Å². The first-order valence-corrected chi connectivity index (χ1v) is 23.1. The molecule has 0 heterocycles. The van der Waals surface area contributed by atoms with Crippen molar-refractivity contribution in [1.29, 1.82) is 0 Å². The highest BCUT2D eigenvalue weighted by Gasteiger charge is 2.35. The van der Waals surface area contributed by atoms with Gasteiger partial charge in [0.15, 0.2) is 0 Å². The number of carboxylic acid groups (broad SMARTS) is 4. The average Bonchev–Trinajstić information content (AvgIpc) is 3.12. The molecule has 4 unspecified atom stereocenters. The summed E-state index contributed by atoms with van der Waals surface area (Å²) in [5.41, 5.74) is 0. The van der Waals surface area contributed by atoms with Crippen LogP contribution in [0.3, 0.4) is 0 Å². The van der Waals surface area contributed by atoms with Gasteiger partial charge < -0.3 is 20.4 Å². The maximum atomic E-state index is 10.8. The van der Waals surface area contributed by atoms with Gasteiger partial charge in [0, 0.05) is 25.7 Å². The van der Waals surface area contributed by atoms with Crippen LogP contribution in [0.1, 0.15) is 244 Å². The molecule has 1 rings (SSSR count). The Labute approximate surface area is 330 Å². The Balaban J connectivity index is 2.68. The quantitative estimate of drug-likeness (QED) is 0.0450. The van der Waals surface area contributed by atoms with Gasteiger partial charge in [-0.25, -0.2) is 0 Å². The third-order valence-electron chi connectivity index (χ3n) is 12.4. The summed E-state index contributed by atoms with van der Waals surface area (Å²) in [5.74, 6) is 0.593.